The molecule has 0 saturated heterocycles. The van der Waals surface area contributed by atoms with E-state index in [0.29, 0.717) is 11.8 Å². The average Bonchev–Trinajstić information content (AvgIpc) is 2.27. The average molecular weight is 237 g/mol. The van der Waals surface area contributed by atoms with Gasteiger partial charge in [-0.1, -0.05) is 33.6 Å². The fourth-order valence-electron chi connectivity index (χ4n) is 3.25. The first kappa shape index (κ1) is 14.5. The van der Waals surface area contributed by atoms with Gasteiger partial charge in [-0.25, -0.2) is 0 Å². The lowest BCUT2D eigenvalue weighted by Crippen LogP contribution is -2.48. The van der Waals surface area contributed by atoms with Crippen molar-refractivity contribution < 1.29 is 5.11 Å². The molecular formula is C15H27NO. The molecule has 2 heteroatoms. The van der Waals surface area contributed by atoms with Crippen LogP contribution in [-0.2, 0) is 0 Å². The molecule has 2 nitrogen and oxygen atoms in total. The number of nitrogens with zero attached hydrogens (tertiary/aromatic N) is 1. The molecule has 1 aliphatic rings. The molecule has 0 heterocycles. The summed E-state index contributed by atoms with van der Waals surface area (Å²) in [5.41, 5.74) is -1.35. The number of nitriles is 1. The van der Waals surface area contributed by atoms with Crippen molar-refractivity contribution in [2.24, 2.45) is 17.3 Å². The van der Waals surface area contributed by atoms with E-state index in [0.717, 1.165) is 25.7 Å². The number of hydrogen-bond donors (Lipinski definition) is 1. The molecule has 1 N–H and O–H groups in total. The van der Waals surface area contributed by atoms with Gasteiger partial charge in [0.15, 0.2) is 0 Å². The van der Waals surface area contributed by atoms with Gasteiger partial charge >= 0.3 is 0 Å². The van der Waals surface area contributed by atoms with E-state index in [-0.39, 0.29) is 0 Å². The van der Waals surface area contributed by atoms with Crippen LogP contribution in [0.1, 0.15) is 66.2 Å². The van der Waals surface area contributed by atoms with Gasteiger partial charge in [-0.05, 0) is 44.4 Å². The third-order valence-corrected chi connectivity index (χ3v) is 4.61. The number of rotatable bonds is 4. The third kappa shape index (κ3) is 3.01. The monoisotopic (exact) mass is 237 g/mol. The quantitative estimate of drug-likeness (QED) is 0.806. The SMILES string of the molecule is CCC(C)(C#N)C1(O)CCCC(CC(C)C)C1. The van der Waals surface area contributed by atoms with Gasteiger partial charge in [-0.15, -0.1) is 0 Å². The summed E-state index contributed by atoms with van der Waals surface area (Å²) in [6, 6.07) is 2.36. The molecule has 3 unspecified atom stereocenters. The smallest absolute Gasteiger partial charge is 0.0833 e. The molecule has 0 aromatic heterocycles. The van der Waals surface area contributed by atoms with Gasteiger partial charge in [0.1, 0.15) is 0 Å². The number of aliphatic hydroxyl groups is 1. The van der Waals surface area contributed by atoms with Crippen LogP contribution in [0.15, 0.2) is 0 Å². The van der Waals surface area contributed by atoms with Gasteiger partial charge in [-0.2, -0.15) is 5.26 Å². The Kier molecular flexibility index (Phi) is 4.61. The molecular weight excluding hydrogens is 210 g/mol. The van der Waals surface area contributed by atoms with Crippen LogP contribution in [0.3, 0.4) is 0 Å². The Morgan fingerprint density at radius 3 is 2.65 bits per heavy atom. The summed E-state index contributed by atoms with van der Waals surface area (Å²) in [4.78, 5) is 0. The summed E-state index contributed by atoms with van der Waals surface area (Å²) in [6.45, 7) is 8.39. The molecule has 0 aliphatic heterocycles. The molecule has 17 heavy (non-hydrogen) atoms. The Labute approximate surface area is 106 Å². The van der Waals surface area contributed by atoms with Crippen molar-refractivity contribution in [3.63, 3.8) is 0 Å². The third-order valence-electron chi connectivity index (χ3n) is 4.61. The van der Waals surface area contributed by atoms with Gasteiger partial charge in [0.2, 0.25) is 0 Å². The molecule has 0 aromatic rings. The van der Waals surface area contributed by atoms with E-state index in [1.54, 1.807) is 0 Å². The van der Waals surface area contributed by atoms with Gasteiger partial charge < -0.3 is 5.11 Å². The van der Waals surface area contributed by atoms with Crippen LogP contribution >= 0.6 is 0 Å². The summed E-state index contributed by atoms with van der Waals surface area (Å²) in [6.07, 6.45) is 5.78. The Morgan fingerprint density at radius 2 is 2.18 bits per heavy atom. The standard InChI is InChI=1S/C15H27NO/c1-5-14(4,11-16)15(17)8-6-7-13(10-15)9-12(2)3/h12-13,17H,5-10H2,1-4H3. The number of hydrogen-bond acceptors (Lipinski definition) is 2. The molecule has 0 bridgehead atoms. The van der Waals surface area contributed by atoms with Gasteiger partial charge in [0, 0.05) is 0 Å². The minimum Gasteiger partial charge on any atom is -0.388 e. The minimum atomic E-state index is -0.770. The highest BCUT2D eigenvalue weighted by atomic mass is 16.3. The van der Waals surface area contributed by atoms with Crippen molar-refractivity contribution in [1.29, 1.82) is 5.26 Å². The Bertz CT molecular complexity index is 294. The first-order valence-electron chi connectivity index (χ1n) is 7.00. The zero-order valence-electron chi connectivity index (χ0n) is 11.8. The first-order chi connectivity index (χ1) is 7.87. The van der Waals surface area contributed by atoms with Crippen LogP contribution in [0.25, 0.3) is 0 Å². The zero-order valence-corrected chi connectivity index (χ0v) is 11.8. The van der Waals surface area contributed by atoms with E-state index >= 15 is 0 Å². The van der Waals surface area contributed by atoms with Crippen molar-refractivity contribution in [3.8, 4) is 6.07 Å². The van der Waals surface area contributed by atoms with Crippen LogP contribution in [0.2, 0.25) is 0 Å². The molecule has 0 amide bonds. The second-order valence-electron chi connectivity index (χ2n) is 6.42. The van der Waals surface area contributed by atoms with E-state index in [9.17, 15) is 10.4 Å². The van der Waals surface area contributed by atoms with Crippen molar-refractivity contribution >= 4 is 0 Å². The molecule has 1 rings (SSSR count). The normalized spacial score (nSPS) is 33.1. The highest BCUT2D eigenvalue weighted by Gasteiger charge is 2.48. The molecule has 1 saturated carbocycles. The molecule has 0 radical (unpaired) electrons. The second kappa shape index (κ2) is 5.40. The predicted molar refractivity (Wildman–Crippen MR) is 70.4 cm³/mol. The maximum atomic E-state index is 10.9. The lowest BCUT2D eigenvalue weighted by molar-refractivity contribution is -0.0928. The maximum Gasteiger partial charge on any atom is 0.0833 e. The highest BCUT2D eigenvalue weighted by Crippen LogP contribution is 2.47. The van der Waals surface area contributed by atoms with E-state index < -0.39 is 11.0 Å². The van der Waals surface area contributed by atoms with Crippen LogP contribution in [0.4, 0.5) is 0 Å². The topological polar surface area (TPSA) is 44.0 Å². The predicted octanol–water partition coefficient (Wildman–Crippen LogP) is 3.89. The lowest BCUT2D eigenvalue weighted by atomic mass is 9.62. The maximum absolute atomic E-state index is 10.9. The summed E-state index contributed by atoms with van der Waals surface area (Å²) in [7, 11) is 0. The molecule has 0 aromatic carbocycles. The zero-order chi connectivity index (χ0) is 13.1. The first-order valence-corrected chi connectivity index (χ1v) is 7.00. The largest absolute Gasteiger partial charge is 0.388 e. The molecule has 1 aliphatic carbocycles. The van der Waals surface area contributed by atoms with E-state index in [1.165, 1.54) is 12.8 Å². The second-order valence-corrected chi connectivity index (χ2v) is 6.42. The fourth-order valence-corrected chi connectivity index (χ4v) is 3.25. The van der Waals surface area contributed by atoms with Crippen molar-refractivity contribution in [2.45, 2.75) is 71.8 Å². The van der Waals surface area contributed by atoms with Crippen LogP contribution in [0.5, 0.6) is 0 Å². The van der Waals surface area contributed by atoms with Crippen LogP contribution < -0.4 is 0 Å². The Morgan fingerprint density at radius 1 is 1.53 bits per heavy atom. The summed E-state index contributed by atoms with van der Waals surface area (Å²) >= 11 is 0. The van der Waals surface area contributed by atoms with E-state index in [4.69, 9.17) is 0 Å². The Balaban J connectivity index is 2.79. The van der Waals surface area contributed by atoms with Crippen molar-refractivity contribution in [3.05, 3.63) is 0 Å². The molecule has 1 fully saturated rings. The van der Waals surface area contributed by atoms with Gasteiger partial charge in [0.05, 0.1) is 17.1 Å². The van der Waals surface area contributed by atoms with Gasteiger partial charge in [-0.3, -0.25) is 0 Å². The summed E-state index contributed by atoms with van der Waals surface area (Å²) < 4.78 is 0. The van der Waals surface area contributed by atoms with Crippen molar-refractivity contribution in [1.82, 2.24) is 0 Å². The minimum absolute atomic E-state index is 0.581. The van der Waals surface area contributed by atoms with Crippen LogP contribution in [0, 0.1) is 28.6 Å². The molecule has 0 spiro atoms. The van der Waals surface area contributed by atoms with E-state index in [1.807, 2.05) is 13.8 Å². The lowest BCUT2D eigenvalue weighted by Gasteiger charge is -2.45. The fraction of sp³-hybridized carbons (Fsp3) is 0.933. The van der Waals surface area contributed by atoms with Gasteiger partial charge in [0.25, 0.3) is 0 Å². The highest BCUT2D eigenvalue weighted by molar-refractivity contribution is 5.10. The Hall–Kier alpha value is -0.550. The molecule has 3 atom stereocenters. The van der Waals surface area contributed by atoms with E-state index in [2.05, 4.69) is 19.9 Å². The summed E-state index contributed by atoms with van der Waals surface area (Å²) in [5, 5.41) is 20.2. The molecule has 98 valence electrons. The van der Waals surface area contributed by atoms with Crippen molar-refractivity contribution in [2.75, 3.05) is 0 Å². The van der Waals surface area contributed by atoms with Crippen LogP contribution in [-0.4, -0.2) is 10.7 Å². The summed E-state index contributed by atoms with van der Waals surface area (Å²) in [5.74, 6) is 1.27.